The Kier molecular flexibility index (Phi) is 4.81. The molecule has 23 heavy (non-hydrogen) atoms. The Morgan fingerprint density at radius 3 is 2.83 bits per heavy atom. The van der Waals surface area contributed by atoms with Crippen LogP contribution in [0.3, 0.4) is 0 Å². The Bertz CT molecular complexity index is 561. The summed E-state index contributed by atoms with van der Waals surface area (Å²) in [7, 11) is 0. The third-order valence-corrected chi connectivity index (χ3v) is 4.63. The highest BCUT2D eigenvalue weighted by molar-refractivity contribution is 5.73. The van der Waals surface area contributed by atoms with Gasteiger partial charge < -0.3 is 19.5 Å². The lowest BCUT2D eigenvalue weighted by Crippen LogP contribution is -2.56. The highest BCUT2D eigenvalue weighted by Crippen LogP contribution is 2.33. The summed E-state index contributed by atoms with van der Waals surface area (Å²) in [4.78, 5) is 25.4. The normalized spacial score (nSPS) is 27.1. The van der Waals surface area contributed by atoms with Gasteiger partial charge in [0.1, 0.15) is 6.61 Å². The first-order valence-electron chi connectivity index (χ1n) is 7.93. The lowest BCUT2D eigenvalue weighted by Gasteiger charge is -2.45. The number of carboxylic acid groups (broad SMARTS) is 1. The van der Waals surface area contributed by atoms with E-state index in [0.29, 0.717) is 19.6 Å². The quantitative estimate of drug-likeness (QED) is 0.923. The molecule has 0 radical (unpaired) electrons. The zero-order chi connectivity index (χ0) is 16.2. The Morgan fingerprint density at radius 1 is 1.30 bits per heavy atom. The van der Waals surface area contributed by atoms with Crippen molar-refractivity contribution in [3.63, 3.8) is 0 Å². The van der Waals surface area contributed by atoms with Gasteiger partial charge in [0.25, 0.3) is 0 Å². The third kappa shape index (κ3) is 3.64. The summed E-state index contributed by atoms with van der Waals surface area (Å²) in [5.74, 6) is -1.35. The zero-order valence-electron chi connectivity index (χ0n) is 12.9. The minimum absolute atomic E-state index is 0.0163. The minimum Gasteiger partial charge on any atom is -0.481 e. The predicted octanol–water partition coefficient (Wildman–Crippen LogP) is 2.13. The van der Waals surface area contributed by atoms with Crippen molar-refractivity contribution in [1.82, 2.24) is 4.90 Å². The highest BCUT2D eigenvalue weighted by Gasteiger charge is 2.43. The van der Waals surface area contributed by atoms with E-state index in [-0.39, 0.29) is 25.1 Å². The van der Waals surface area contributed by atoms with Gasteiger partial charge in [-0.25, -0.2) is 4.79 Å². The summed E-state index contributed by atoms with van der Waals surface area (Å²) in [6.45, 7) is 1.52. The Labute approximate surface area is 135 Å². The van der Waals surface area contributed by atoms with Gasteiger partial charge in [0.05, 0.1) is 12.5 Å². The van der Waals surface area contributed by atoms with Gasteiger partial charge in [-0.05, 0) is 18.4 Å². The molecule has 1 N–H and O–H groups in total. The topological polar surface area (TPSA) is 76.1 Å². The van der Waals surface area contributed by atoms with Crippen LogP contribution in [0.15, 0.2) is 30.3 Å². The van der Waals surface area contributed by atoms with Gasteiger partial charge in [-0.15, -0.1) is 0 Å². The van der Waals surface area contributed by atoms with Crippen molar-refractivity contribution in [3.8, 4) is 0 Å². The third-order valence-electron chi connectivity index (χ3n) is 4.63. The van der Waals surface area contributed by atoms with Crippen molar-refractivity contribution >= 4 is 12.1 Å². The van der Waals surface area contributed by atoms with E-state index in [1.807, 2.05) is 30.3 Å². The lowest BCUT2D eigenvalue weighted by atomic mass is 9.81. The molecule has 1 amide bonds. The number of carboxylic acids is 1. The number of piperidine rings is 1. The Hall–Kier alpha value is -2.08. The van der Waals surface area contributed by atoms with Crippen molar-refractivity contribution in [2.45, 2.75) is 25.5 Å². The fraction of sp³-hybridized carbons (Fsp3) is 0.529. The van der Waals surface area contributed by atoms with Crippen LogP contribution in [0.2, 0.25) is 0 Å². The average molecular weight is 319 g/mol. The largest absolute Gasteiger partial charge is 0.481 e. The molecule has 6 heteroatoms. The van der Waals surface area contributed by atoms with Crippen molar-refractivity contribution in [3.05, 3.63) is 35.9 Å². The molecule has 2 aliphatic rings. The van der Waals surface area contributed by atoms with Gasteiger partial charge in [0.15, 0.2) is 0 Å². The molecule has 2 fully saturated rings. The van der Waals surface area contributed by atoms with E-state index in [1.54, 1.807) is 4.90 Å². The number of amides is 1. The molecule has 0 unspecified atom stereocenters. The van der Waals surface area contributed by atoms with E-state index in [4.69, 9.17) is 9.47 Å². The number of ether oxygens (including phenoxy) is 2. The molecule has 0 spiro atoms. The van der Waals surface area contributed by atoms with Gasteiger partial charge in [0.2, 0.25) is 0 Å². The molecule has 2 heterocycles. The molecule has 0 saturated carbocycles. The number of hydrogen-bond donors (Lipinski definition) is 1. The van der Waals surface area contributed by atoms with Crippen molar-refractivity contribution in [2.24, 2.45) is 11.8 Å². The summed E-state index contributed by atoms with van der Waals surface area (Å²) in [6, 6.07) is 9.47. The molecule has 1 aromatic rings. The van der Waals surface area contributed by atoms with Crippen LogP contribution in [0, 0.1) is 11.8 Å². The summed E-state index contributed by atoms with van der Waals surface area (Å²) in [6.07, 6.45) is 0.858. The van der Waals surface area contributed by atoms with Crippen molar-refractivity contribution < 1.29 is 24.2 Å². The van der Waals surface area contributed by atoms with Crippen LogP contribution in [-0.2, 0) is 20.9 Å². The number of hydrogen-bond acceptors (Lipinski definition) is 4. The summed E-state index contributed by atoms with van der Waals surface area (Å²) in [5, 5.41) is 9.32. The molecule has 124 valence electrons. The first-order chi connectivity index (χ1) is 11.1. The maximum atomic E-state index is 12.5. The maximum absolute atomic E-state index is 12.5. The van der Waals surface area contributed by atoms with Crippen molar-refractivity contribution in [1.29, 1.82) is 0 Å². The van der Waals surface area contributed by atoms with E-state index in [1.165, 1.54) is 0 Å². The van der Waals surface area contributed by atoms with Crippen LogP contribution in [0.4, 0.5) is 4.79 Å². The van der Waals surface area contributed by atoms with Crippen LogP contribution in [0.5, 0.6) is 0 Å². The number of rotatable bonds is 3. The lowest BCUT2D eigenvalue weighted by molar-refractivity contribution is -0.147. The molecule has 1 aromatic carbocycles. The monoisotopic (exact) mass is 319 g/mol. The summed E-state index contributed by atoms with van der Waals surface area (Å²) < 4.78 is 10.9. The summed E-state index contributed by atoms with van der Waals surface area (Å²) >= 11 is 0. The minimum atomic E-state index is -0.866. The standard InChI is InChI=1S/C17H21NO5/c19-16(20)13-8-14-11-22-7-6-15(14)18(9-13)17(21)23-10-12-4-2-1-3-5-12/h1-5,13-15H,6-11H2,(H,19,20)/t13-,14-,15-/m1/s1. The molecule has 2 saturated heterocycles. The van der Waals surface area contributed by atoms with E-state index >= 15 is 0 Å². The first-order valence-corrected chi connectivity index (χ1v) is 7.93. The van der Waals surface area contributed by atoms with Gasteiger partial charge in [-0.1, -0.05) is 30.3 Å². The molecule has 6 nitrogen and oxygen atoms in total. The Morgan fingerprint density at radius 2 is 2.09 bits per heavy atom. The summed E-state index contributed by atoms with van der Waals surface area (Å²) in [5.41, 5.74) is 0.913. The van der Waals surface area contributed by atoms with E-state index in [9.17, 15) is 14.7 Å². The smallest absolute Gasteiger partial charge is 0.410 e. The predicted molar refractivity (Wildman–Crippen MR) is 81.8 cm³/mol. The van der Waals surface area contributed by atoms with E-state index in [2.05, 4.69) is 0 Å². The number of likely N-dealkylation sites (tertiary alicyclic amines) is 1. The van der Waals surface area contributed by atoms with Gasteiger partial charge in [0, 0.05) is 25.1 Å². The van der Waals surface area contributed by atoms with Gasteiger partial charge >= 0.3 is 12.1 Å². The number of nitrogens with zero attached hydrogens (tertiary/aromatic N) is 1. The van der Waals surface area contributed by atoms with Gasteiger partial charge in [-0.3, -0.25) is 4.79 Å². The number of carbonyl (C=O) groups is 2. The fourth-order valence-corrected chi connectivity index (χ4v) is 3.42. The zero-order valence-corrected chi connectivity index (χ0v) is 12.9. The number of aliphatic carboxylic acids is 1. The van der Waals surface area contributed by atoms with Crippen molar-refractivity contribution in [2.75, 3.05) is 19.8 Å². The Balaban J connectivity index is 1.67. The fourth-order valence-electron chi connectivity index (χ4n) is 3.42. The SMILES string of the molecule is O=C(O)[C@@H]1C[C@@H]2COCC[C@H]2N(C(=O)OCc2ccccc2)C1. The van der Waals surface area contributed by atoms with E-state index < -0.39 is 18.0 Å². The average Bonchev–Trinajstić information content (AvgIpc) is 2.59. The van der Waals surface area contributed by atoms with E-state index in [0.717, 1.165) is 12.0 Å². The molecule has 3 rings (SSSR count). The first kappa shape index (κ1) is 15.8. The molecule has 2 aliphatic heterocycles. The molecular weight excluding hydrogens is 298 g/mol. The molecular formula is C17H21NO5. The second-order valence-electron chi connectivity index (χ2n) is 6.15. The van der Waals surface area contributed by atoms with Crippen LogP contribution < -0.4 is 0 Å². The van der Waals surface area contributed by atoms with Crippen LogP contribution in [-0.4, -0.2) is 47.9 Å². The van der Waals surface area contributed by atoms with Gasteiger partial charge in [-0.2, -0.15) is 0 Å². The molecule has 3 atom stereocenters. The number of fused-ring (bicyclic) bond motifs is 1. The highest BCUT2D eigenvalue weighted by atomic mass is 16.6. The molecule has 0 bridgehead atoms. The molecule has 0 aromatic heterocycles. The second-order valence-corrected chi connectivity index (χ2v) is 6.15. The molecule has 0 aliphatic carbocycles. The second kappa shape index (κ2) is 7.00. The van der Waals surface area contributed by atoms with Crippen LogP contribution >= 0.6 is 0 Å². The number of benzene rings is 1. The van der Waals surface area contributed by atoms with Crippen LogP contribution in [0.1, 0.15) is 18.4 Å². The van der Waals surface area contributed by atoms with Crippen LogP contribution in [0.25, 0.3) is 0 Å². The maximum Gasteiger partial charge on any atom is 0.410 e. The number of carbonyl (C=O) groups excluding carboxylic acids is 1.